The van der Waals surface area contributed by atoms with E-state index < -0.39 is 0 Å². The van der Waals surface area contributed by atoms with Crippen LogP contribution in [0.3, 0.4) is 0 Å². The number of carbonyl (C=O) groups is 1. The molecular formula is C23H32N2O3. The van der Waals surface area contributed by atoms with Crippen molar-refractivity contribution in [3.63, 3.8) is 0 Å². The summed E-state index contributed by atoms with van der Waals surface area (Å²) >= 11 is 0. The first kappa shape index (κ1) is 18.3. The zero-order chi connectivity index (χ0) is 19.7. The first-order valence-corrected chi connectivity index (χ1v) is 10.8. The Morgan fingerprint density at radius 3 is 2.68 bits per heavy atom. The largest absolute Gasteiger partial charge is 0.493 e. The third kappa shape index (κ3) is 1.99. The molecular weight excluding hydrogens is 352 g/mol. The fourth-order valence-electron chi connectivity index (χ4n) is 7.58. The number of hydrogen-bond donors (Lipinski definition) is 0. The number of ether oxygens (including phenoxy) is 2. The minimum absolute atomic E-state index is 0.0231. The highest BCUT2D eigenvalue weighted by atomic mass is 16.5. The van der Waals surface area contributed by atoms with Gasteiger partial charge in [0.05, 0.1) is 19.9 Å². The molecule has 0 radical (unpaired) electrons. The average molecular weight is 385 g/mol. The first-order chi connectivity index (χ1) is 13.5. The predicted molar refractivity (Wildman–Crippen MR) is 109 cm³/mol. The summed E-state index contributed by atoms with van der Waals surface area (Å²) in [6, 6.07) is 5.03. The molecule has 2 saturated heterocycles. The summed E-state index contributed by atoms with van der Waals surface area (Å²) < 4.78 is 11.4. The SMILES string of the molecule is CCC12CCCN3CCC4(c5ccc(OC)c(OC)c5N(C(C)=O)C4CC1)C32. The van der Waals surface area contributed by atoms with Crippen molar-refractivity contribution in [3.05, 3.63) is 17.7 Å². The minimum atomic E-state index is 0.0231. The summed E-state index contributed by atoms with van der Waals surface area (Å²) in [5, 5.41) is 0. The molecule has 3 aliphatic heterocycles. The van der Waals surface area contributed by atoms with Gasteiger partial charge in [-0.1, -0.05) is 13.0 Å². The third-order valence-electron chi connectivity index (χ3n) is 8.49. The van der Waals surface area contributed by atoms with Crippen LogP contribution in [0.4, 0.5) is 5.69 Å². The summed E-state index contributed by atoms with van der Waals surface area (Å²) in [6.45, 7) is 6.42. The molecule has 5 nitrogen and oxygen atoms in total. The van der Waals surface area contributed by atoms with E-state index in [4.69, 9.17) is 9.47 Å². The van der Waals surface area contributed by atoms with Crippen LogP contribution < -0.4 is 14.4 Å². The first-order valence-electron chi connectivity index (χ1n) is 10.8. The third-order valence-corrected chi connectivity index (χ3v) is 8.49. The zero-order valence-corrected chi connectivity index (χ0v) is 17.6. The maximum Gasteiger partial charge on any atom is 0.224 e. The Labute approximate surface area is 168 Å². The lowest BCUT2D eigenvalue weighted by Gasteiger charge is -2.58. The number of methoxy groups -OCH3 is 2. The quantitative estimate of drug-likeness (QED) is 0.796. The van der Waals surface area contributed by atoms with Crippen molar-refractivity contribution in [3.8, 4) is 11.5 Å². The molecule has 0 aromatic heterocycles. The molecule has 4 unspecified atom stereocenters. The minimum Gasteiger partial charge on any atom is -0.493 e. The van der Waals surface area contributed by atoms with E-state index in [9.17, 15) is 4.79 Å². The lowest BCUT2D eigenvalue weighted by atomic mass is 9.52. The Balaban J connectivity index is 1.78. The number of piperidine rings is 1. The van der Waals surface area contributed by atoms with Crippen LogP contribution in [0, 0.1) is 5.41 Å². The topological polar surface area (TPSA) is 42.0 Å². The molecule has 1 aromatic carbocycles. The van der Waals surface area contributed by atoms with Crippen molar-refractivity contribution in [1.82, 2.24) is 4.90 Å². The molecule has 28 heavy (non-hydrogen) atoms. The fourth-order valence-corrected chi connectivity index (χ4v) is 7.58. The molecule has 1 amide bonds. The molecule has 5 heteroatoms. The van der Waals surface area contributed by atoms with Gasteiger partial charge in [0.1, 0.15) is 0 Å². The van der Waals surface area contributed by atoms with E-state index >= 15 is 0 Å². The molecule has 4 aliphatic rings. The maximum atomic E-state index is 12.9. The van der Waals surface area contributed by atoms with Gasteiger partial charge in [-0.2, -0.15) is 0 Å². The number of nitrogens with zero attached hydrogens (tertiary/aromatic N) is 2. The fraction of sp³-hybridized carbons (Fsp3) is 0.696. The zero-order valence-electron chi connectivity index (χ0n) is 17.6. The van der Waals surface area contributed by atoms with E-state index in [1.54, 1.807) is 21.1 Å². The summed E-state index contributed by atoms with van der Waals surface area (Å²) in [7, 11) is 3.36. The number of anilines is 1. The normalized spacial score (nSPS) is 35.9. The molecule has 4 atom stereocenters. The lowest BCUT2D eigenvalue weighted by molar-refractivity contribution is -0.118. The van der Waals surface area contributed by atoms with Crippen molar-refractivity contribution < 1.29 is 14.3 Å². The van der Waals surface area contributed by atoms with Crippen molar-refractivity contribution in [2.75, 3.05) is 32.2 Å². The number of rotatable bonds is 3. The highest BCUT2D eigenvalue weighted by Gasteiger charge is 2.68. The van der Waals surface area contributed by atoms with Crippen molar-refractivity contribution in [2.45, 2.75) is 69.9 Å². The van der Waals surface area contributed by atoms with Crippen LogP contribution in [0.2, 0.25) is 0 Å². The lowest BCUT2D eigenvalue weighted by Crippen LogP contribution is -2.65. The van der Waals surface area contributed by atoms with E-state index in [-0.39, 0.29) is 17.4 Å². The molecule has 0 N–H and O–H groups in total. The standard InChI is InChI=1S/C23H32N2O3/c1-5-22-10-6-13-24-14-12-23(21(22)24)16-7-8-17(27-3)20(28-4)19(16)25(15(2)26)18(23)9-11-22/h7-8,18,21H,5-6,9-14H2,1-4H3. The van der Waals surface area contributed by atoms with Crippen molar-refractivity contribution >= 4 is 11.6 Å². The number of fused-ring (bicyclic) bond motifs is 1. The van der Waals surface area contributed by atoms with Crippen LogP contribution in [0.15, 0.2) is 12.1 Å². The van der Waals surface area contributed by atoms with Crippen LogP contribution in [-0.2, 0) is 10.2 Å². The molecule has 0 bridgehead atoms. The van der Waals surface area contributed by atoms with Gasteiger partial charge in [0.25, 0.3) is 0 Å². The summed E-state index contributed by atoms with van der Waals surface area (Å²) in [6.07, 6.45) is 7.29. The summed E-state index contributed by atoms with van der Waals surface area (Å²) in [5.41, 5.74) is 2.69. The van der Waals surface area contributed by atoms with Crippen molar-refractivity contribution in [2.24, 2.45) is 5.41 Å². The van der Waals surface area contributed by atoms with Crippen LogP contribution in [-0.4, -0.2) is 50.2 Å². The van der Waals surface area contributed by atoms with E-state index in [1.807, 2.05) is 6.07 Å². The smallest absolute Gasteiger partial charge is 0.224 e. The molecule has 1 saturated carbocycles. The van der Waals surface area contributed by atoms with Gasteiger partial charge in [-0.25, -0.2) is 0 Å². The molecule has 1 aliphatic carbocycles. The molecule has 5 rings (SSSR count). The van der Waals surface area contributed by atoms with Gasteiger partial charge in [0.2, 0.25) is 5.91 Å². The van der Waals surface area contributed by atoms with Gasteiger partial charge >= 0.3 is 0 Å². The average Bonchev–Trinajstić information content (AvgIpc) is 3.25. The Bertz CT molecular complexity index is 824. The van der Waals surface area contributed by atoms with E-state index in [1.165, 1.54) is 37.8 Å². The van der Waals surface area contributed by atoms with Gasteiger partial charge in [0, 0.05) is 24.4 Å². The number of hydrogen-bond acceptors (Lipinski definition) is 4. The Morgan fingerprint density at radius 1 is 1.18 bits per heavy atom. The Morgan fingerprint density at radius 2 is 2.00 bits per heavy atom. The highest BCUT2D eigenvalue weighted by molar-refractivity contribution is 5.99. The number of benzene rings is 1. The second-order valence-corrected chi connectivity index (χ2v) is 9.19. The van der Waals surface area contributed by atoms with Gasteiger partial charge in [-0.05, 0) is 68.7 Å². The van der Waals surface area contributed by atoms with Crippen molar-refractivity contribution in [1.29, 1.82) is 0 Å². The molecule has 152 valence electrons. The van der Waals surface area contributed by atoms with Crippen LogP contribution in [0.25, 0.3) is 0 Å². The van der Waals surface area contributed by atoms with E-state index in [0.29, 0.717) is 17.2 Å². The van der Waals surface area contributed by atoms with Gasteiger partial charge in [0.15, 0.2) is 11.5 Å². The van der Waals surface area contributed by atoms with Crippen LogP contribution >= 0.6 is 0 Å². The monoisotopic (exact) mass is 384 g/mol. The van der Waals surface area contributed by atoms with Gasteiger partial charge < -0.3 is 14.4 Å². The number of amides is 1. The van der Waals surface area contributed by atoms with Crippen LogP contribution in [0.5, 0.6) is 11.5 Å². The summed E-state index contributed by atoms with van der Waals surface area (Å²) in [5.74, 6) is 1.55. The van der Waals surface area contributed by atoms with E-state index in [2.05, 4.69) is 22.8 Å². The predicted octanol–water partition coefficient (Wildman–Crippen LogP) is 3.74. The Hall–Kier alpha value is -1.75. The maximum absolute atomic E-state index is 12.9. The molecule has 1 spiro atoms. The van der Waals surface area contributed by atoms with Gasteiger partial charge in [-0.15, -0.1) is 0 Å². The molecule has 1 aromatic rings. The van der Waals surface area contributed by atoms with Crippen LogP contribution in [0.1, 0.15) is 57.9 Å². The van der Waals surface area contributed by atoms with E-state index in [0.717, 1.165) is 30.8 Å². The highest BCUT2D eigenvalue weighted by Crippen LogP contribution is 2.67. The summed E-state index contributed by atoms with van der Waals surface area (Å²) in [4.78, 5) is 17.7. The molecule has 3 heterocycles. The second kappa shape index (κ2) is 6.12. The molecule has 3 fully saturated rings. The van der Waals surface area contributed by atoms with Gasteiger partial charge in [-0.3, -0.25) is 9.69 Å². The number of carbonyl (C=O) groups excluding carboxylic acids is 1. The second-order valence-electron chi connectivity index (χ2n) is 9.19. The Kier molecular flexibility index (Phi) is 4.00.